The van der Waals surface area contributed by atoms with E-state index in [4.69, 9.17) is 0 Å². The number of amides is 2. The lowest BCUT2D eigenvalue weighted by Crippen LogP contribution is -2.30. The SMILES string of the molecule is CC(=O)N1CCC[C@H]1c1nc(C)ncc1CNC(=O)c1cncs1. The molecule has 24 heavy (non-hydrogen) atoms. The molecule has 2 aromatic heterocycles. The highest BCUT2D eigenvalue weighted by atomic mass is 32.1. The Bertz CT molecular complexity index is 747. The normalized spacial score (nSPS) is 17.1. The quantitative estimate of drug-likeness (QED) is 0.914. The topological polar surface area (TPSA) is 88.1 Å². The summed E-state index contributed by atoms with van der Waals surface area (Å²) in [7, 11) is 0. The Labute approximate surface area is 144 Å². The van der Waals surface area contributed by atoms with Crippen LogP contribution < -0.4 is 5.32 Å². The zero-order chi connectivity index (χ0) is 17.1. The lowest BCUT2D eigenvalue weighted by molar-refractivity contribution is -0.129. The molecule has 1 N–H and O–H groups in total. The van der Waals surface area contributed by atoms with Crippen LogP contribution in [0.15, 0.2) is 17.9 Å². The molecule has 1 atom stereocenters. The van der Waals surface area contributed by atoms with Gasteiger partial charge in [0.05, 0.1) is 23.4 Å². The van der Waals surface area contributed by atoms with Crippen molar-refractivity contribution in [2.75, 3.05) is 6.54 Å². The summed E-state index contributed by atoms with van der Waals surface area (Å²) in [6.45, 7) is 4.48. The zero-order valence-electron chi connectivity index (χ0n) is 13.7. The van der Waals surface area contributed by atoms with Crippen molar-refractivity contribution >= 4 is 23.2 Å². The van der Waals surface area contributed by atoms with Gasteiger partial charge >= 0.3 is 0 Å². The first-order chi connectivity index (χ1) is 11.6. The molecule has 126 valence electrons. The fraction of sp³-hybridized carbons (Fsp3) is 0.438. The van der Waals surface area contributed by atoms with Crippen LogP contribution in [0.5, 0.6) is 0 Å². The van der Waals surface area contributed by atoms with Crippen LogP contribution in [0.3, 0.4) is 0 Å². The summed E-state index contributed by atoms with van der Waals surface area (Å²) in [5.74, 6) is 0.546. The summed E-state index contributed by atoms with van der Waals surface area (Å²) < 4.78 is 0. The Morgan fingerprint density at radius 3 is 2.96 bits per heavy atom. The predicted molar refractivity (Wildman–Crippen MR) is 89.4 cm³/mol. The molecule has 1 fully saturated rings. The highest BCUT2D eigenvalue weighted by Crippen LogP contribution is 2.32. The lowest BCUT2D eigenvalue weighted by Gasteiger charge is -2.24. The van der Waals surface area contributed by atoms with E-state index in [1.54, 1.807) is 24.8 Å². The third-order valence-corrected chi connectivity index (χ3v) is 4.86. The third-order valence-electron chi connectivity index (χ3n) is 4.09. The Kier molecular flexibility index (Phi) is 4.84. The first kappa shape index (κ1) is 16.5. The van der Waals surface area contributed by atoms with Gasteiger partial charge in [-0.1, -0.05) is 0 Å². The van der Waals surface area contributed by atoms with E-state index in [-0.39, 0.29) is 17.9 Å². The van der Waals surface area contributed by atoms with Gasteiger partial charge in [-0.05, 0) is 19.8 Å². The van der Waals surface area contributed by atoms with E-state index in [0.29, 0.717) is 17.2 Å². The highest BCUT2D eigenvalue weighted by Gasteiger charge is 2.31. The Balaban J connectivity index is 1.81. The molecule has 0 aromatic carbocycles. The van der Waals surface area contributed by atoms with Gasteiger partial charge in [0.2, 0.25) is 5.91 Å². The summed E-state index contributed by atoms with van der Waals surface area (Å²) in [6.07, 6.45) is 5.12. The van der Waals surface area contributed by atoms with Crippen LogP contribution in [0.2, 0.25) is 0 Å². The first-order valence-corrected chi connectivity index (χ1v) is 8.70. The molecule has 0 saturated carbocycles. The smallest absolute Gasteiger partial charge is 0.263 e. The summed E-state index contributed by atoms with van der Waals surface area (Å²) >= 11 is 1.30. The third kappa shape index (κ3) is 3.43. The molecule has 3 rings (SSSR count). The number of hydrogen-bond donors (Lipinski definition) is 1. The maximum Gasteiger partial charge on any atom is 0.263 e. The van der Waals surface area contributed by atoms with Crippen molar-refractivity contribution in [1.82, 2.24) is 25.2 Å². The summed E-state index contributed by atoms with van der Waals surface area (Å²) in [5, 5.41) is 2.88. The van der Waals surface area contributed by atoms with Crippen molar-refractivity contribution in [3.05, 3.63) is 39.9 Å². The molecule has 0 radical (unpaired) electrons. The second kappa shape index (κ2) is 7.04. The Morgan fingerprint density at radius 1 is 1.42 bits per heavy atom. The van der Waals surface area contributed by atoms with Gasteiger partial charge in [-0.3, -0.25) is 14.6 Å². The van der Waals surface area contributed by atoms with Gasteiger partial charge in [-0.2, -0.15) is 0 Å². The van der Waals surface area contributed by atoms with Crippen molar-refractivity contribution in [2.24, 2.45) is 0 Å². The lowest BCUT2D eigenvalue weighted by atomic mass is 10.1. The van der Waals surface area contributed by atoms with E-state index in [0.717, 1.165) is 30.6 Å². The van der Waals surface area contributed by atoms with Crippen LogP contribution in [0.1, 0.15) is 52.6 Å². The molecule has 2 amide bonds. The fourth-order valence-electron chi connectivity index (χ4n) is 2.96. The first-order valence-electron chi connectivity index (χ1n) is 7.82. The number of carbonyl (C=O) groups excluding carboxylic acids is 2. The molecule has 3 heterocycles. The van der Waals surface area contributed by atoms with E-state index in [1.807, 2.05) is 11.8 Å². The fourth-order valence-corrected chi connectivity index (χ4v) is 3.49. The number of nitrogens with one attached hydrogen (secondary N) is 1. The Morgan fingerprint density at radius 2 is 2.25 bits per heavy atom. The van der Waals surface area contributed by atoms with Crippen LogP contribution in [0.25, 0.3) is 0 Å². The second-order valence-electron chi connectivity index (χ2n) is 5.75. The molecular weight excluding hydrogens is 326 g/mol. The number of nitrogens with zero attached hydrogens (tertiary/aromatic N) is 4. The number of likely N-dealkylation sites (tertiary alicyclic amines) is 1. The number of rotatable bonds is 4. The van der Waals surface area contributed by atoms with E-state index >= 15 is 0 Å². The molecule has 0 aliphatic carbocycles. The Hall–Kier alpha value is -2.35. The molecule has 2 aromatic rings. The number of thiazole rings is 1. The van der Waals surface area contributed by atoms with Gasteiger partial charge in [-0.15, -0.1) is 11.3 Å². The summed E-state index contributed by atoms with van der Waals surface area (Å²) in [5.41, 5.74) is 3.30. The van der Waals surface area contributed by atoms with Gasteiger partial charge < -0.3 is 10.2 Å². The highest BCUT2D eigenvalue weighted by molar-refractivity contribution is 7.11. The number of carbonyl (C=O) groups is 2. The molecular formula is C16H19N5O2S. The maximum atomic E-state index is 12.1. The van der Waals surface area contributed by atoms with E-state index in [2.05, 4.69) is 20.3 Å². The average molecular weight is 345 g/mol. The van der Waals surface area contributed by atoms with Crippen LogP contribution in [-0.2, 0) is 11.3 Å². The van der Waals surface area contributed by atoms with E-state index in [9.17, 15) is 9.59 Å². The minimum Gasteiger partial charge on any atom is -0.347 e. The minimum absolute atomic E-state index is 0.0421. The number of aryl methyl sites for hydroxylation is 1. The average Bonchev–Trinajstić information content (AvgIpc) is 3.24. The molecule has 1 saturated heterocycles. The molecule has 7 nitrogen and oxygen atoms in total. The van der Waals surface area contributed by atoms with Crippen LogP contribution in [-0.4, -0.2) is 38.2 Å². The van der Waals surface area contributed by atoms with Gasteiger partial charge in [0.1, 0.15) is 10.7 Å². The molecule has 1 aliphatic rings. The van der Waals surface area contributed by atoms with Gasteiger partial charge in [0.15, 0.2) is 0 Å². The largest absolute Gasteiger partial charge is 0.347 e. The zero-order valence-corrected chi connectivity index (χ0v) is 14.5. The molecule has 1 aliphatic heterocycles. The monoisotopic (exact) mass is 345 g/mol. The van der Waals surface area contributed by atoms with Crippen LogP contribution in [0, 0.1) is 6.92 Å². The number of hydrogen-bond acceptors (Lipinski definition) is 6. The minimum atomic E-state index is -0.168. The molecule has 8 heteroatoms. The van der Waals surface area contributed by atoms with Crippen molar-refractivity contribution in [1.29, 1.82) is 0 Å². The van der Waals surface area contributed by atoms with E-state index < -0.39 is 0 Å². The van der Waals surface area contributed by atoms with Crippen LogP contribution >= 0.6 is 11.3 Å². The van der Waals surface area contributed by atoms with Crippen molar-refractivity contribution < 1.29 is 9.59 Å². The summed E-state index contributed by atoms with van der Waals surface area (Å²) in [6, 6.07) is -0.0421. The van der Waals surface area contributed by atoms with Gasteiger partial charge in [-0.25, -0.2) is 9.97 Å². The maximum absolute atomic E-state index is 12.1. The predicted octanol–water partition coefficient (Wildman–Crippen LogP) is 1.85. The molecule has 0 bridgehead atoms. The summed E-state index contributed by atoms with van der Waals surface area (Å²) in [4.78, 5) is 39.1. The van der Waals surface area contributed by atoms with Crippen molar-refractivity contribution in [3.63, 3.8) is 0 Å². The molecule has 0 spiro atoms. The van der Waals surface area contributed by atoms with Crippen LogP contribution in [0.4, 0.5) is 0 Å². The van der Waals surface area contributed by atoms with Gasteiger partial charge in [0, 0.05) is 31.8 Å². The standard InChI is InChI=1S/C16H19N5O2S/c1-10-18-6-12(7-19-16(23)14-8-17-9-24-14)15(20-10)13-4-3-5-21(13)11(2)22/h6,8-9,13H,3-5,7H2,1-2H3,(H,19,23)/t13-/m0/s1. The number of aromatic nitrogens is 3. The van der Waals surface area contributed by atoms with E-state index in [1.165, 1.54) is 11.3 Å². The van der Waals surface area contributed by atoms with Gasteiger partial charge in [0.25, 0.3) is 5.91 Å². The van der Waals surface area contributed by atoms with Crippen molar-refractivity contribution in [3.8, 4) is 0 Å². The molecule has 0 unspecified atom stereocenters. The van der Waals surface area contributed by atoms with Crippen molar-refractivity contribution in [2.45, 2.75) is 39.3 Å². The second-order valence-corrected chi connectivity index (χ2v) is 6.63.